The van der Waals surface area contributed by atoms with E-state index in [1.54, 1.807) is 0 Å². The molecule has 0 saturated carbocycles. The zero-order valence-corrected chi connectivity index (χ0v) is 14.4. The zero-order chi connectivity index (χ0) is 19.5. The SMILES string of the molecule is N[C@@H]1c2ccccc2-c2c(-c3nc4cc(OC(F)(F)F)ccc4[nH]3)cccc21. The molecule has 7 heteroatoms. The van der Waals surface area contributed by atoms with Crippen molar-refractivity contribution in [2.45, 2.75) is 12.4 Å². The Kier molecular flexibility index (Phi) is 3.51. The molecule has 1 aliphatic rings. The van der Waals surface area contributed by atoms with Crippen LogP contribution in [-0.2, 0) is 0 Å². The Labute approximate surface area is 157 Å². The number of halogens is 3. The summed E-state index contributed by atoms with van der Waals surface area (Å²) in [4.78, 5) is 7.69. The maximum absolute atomic E-state index is 12.5. The molecule has 0 spiro atoms. The van der Waals surface area contributed by atoms with Crippen molar-refractivity contribution in [1.82, 2.24) is 9.97 Å². The fraction of sp³-hybridized carbons (Fsp3) is 0.0952. The van der Waals surface area contributed by atoms with Crippen LogP contribution in [0.1, 0.15) is 17.2 Å². The lowest BCUT2D eigenvalue weighted by Gasteiger charge is -2.08. The minimum absolute atomic E-state index is 0.220. The molecule has 0 unspecified atom stereocenters. The highest BCUT2D eigenvalue weighted by Crippen LogP contribution is 2.46. The van der Waals surface area contributed by atoms with Gasteiger partial charge in [0, 0.05) is 11.6 Å². The van der Waals surface area contributed by atoms with Crippen LogP contribution in [0.2, 0.25) is 0 Å². The Hall–Kier alpha value is -3.32. The van der Waals surface area contributed by atoms with Gasteiger partial charge in [0.15, 0.2) is 0 Å². The Balaban J connectivity index is 1.65. The van der Waals surface area contributed by atoms with Crippen molar-refractivity contribution >= 4 is 11.0 Å². The third-order valence-electron chi connectivity index (χ3n) is 4.94. The van der Waals surface area contributed by atoms with Gasteiger partial charge in [-0.05, 0) is 34.4 Å². The Morgan fingerprint density at radius 2 is 1.68 bits per heavy atom. The van der Waals surface area contributed by atoms with Crippen LogP contribution in [-0.4, -0.2) is 16.3 Å². The van der Waals surface area contributed by atoms with E-state index in [0.717, 1.165) is 27.8 Å². The number of aromatic amines is 1. The number of nitrogens with two attached hydrogens (primary N) is 1. The van der Waals surface area contributed by atoms with E-state index in [-0.39, 0.29) is 11.8 Å². The molecule has 1 aromatic heterocycles. The van der Waals surface area contributed by atoms with Gasteiger partial charge in [0.05, 0.1) is 17.1 Å². The highest BCUT2D eigenvalue weighted by atomic mass is 19.4. The van der Waals surface area contributed by atoms with Crippen molar-refractivity contribution < 1.29 is 17.9 Å². The molecule has 3 aromatic carbocycles. The van der Waals surface area contributed by atoms with Gasteiger partial charge >= 0.3 is 6.36 Å². The van der Waals surface area contributed by atoms with Gasteiger partial charge in [-0.2, -0.15) is 0 Å². The molecule has 4 aromatic rings. The molecule has 1 aliphatic carbocycles. The maximum atomic E-state index is 12.5. The second-order valence-corrected chi connectivity index (χ2v) is 6.65. The molecule has 0 bridgehead atoms. The average molecular weight is 381 g/mol. The van der Waals surface area contributed by atoms with E-state index in [1.807, 2.05) is 42.5 Å². The quantitative estimate of drug-likeness (QED) is 0.504. The molecule has 3 N–H and O–H groups in total. The summed E-state index contributed by atoms with van der Waals surface area (Å²) in [7, 11) is 0. The number of nitrogens with one attached hydrogen (secondary N) is 1. The van der Waals surface area contributed by atoms with Crippen molar-refractivity contribution in [3.63, 3.8) is 0 Å². The number of alkyl halides is 3. The summed E-state index contributed by atoms with van der Waals surface area (Å²) in [6, 6.07) is 17.6. The molecule has 28 heavy (non-hydrogen) atoms. The van der Waals surface area contributed by atoms with Gasteiger partial charge in [0.2, 0.25) is 0 Å². The van der Waals surface area contributed by atoms with Crippen LogP contribution in [0.15, 0.2) is 60.7 Å². The van der Waals surface area contributed by atoms with Crippen LogP contribution in [0.4, 0.5) is 13.2 Å². The number of H-pyrrole nitrogens is 1. The van der Waals surface area contributed by atoms with Crippen molar-refractivity contribution in [2.24, 2.45) is 5.73 Å². The minimum atomic E-state index is -4.74. The molecular formula is C21H14F3N3O. The fourth-order valence-electron chi connectivity index (χ4n) is 3.80. The van der Waals surface area contributed by atoms with E-state index >= 15 is 0 Å². The van der Waals surface area contributed by atoms with Crippen LogP contribution in [0.25, 0.3) is 33.5 Å². The maximum Gasteiger partial charge on any atom is 0.573 e. The van der Waals surface area contributed by atoms with E-state index in [2.05, 4.69) is 14.7 Å². The monoisotopic (exact) mass is 381 g/mol. The van der Waals surface area contributed by atoms with Crippen molar-refractivity contribution in [2.75, 3.05) is 0 Å². The van der Waals surface area contributed by atoms with Gasteiger partial charge in [-0.25, -0.2) is 4.98 Å². The standard InChI is InChI=1S/C21H14F3N3O/c22-21(23,24)28-11-8-9-16-17(10-11)27-20(26-16)15-7-3-6-14-18(15)12-4-1-2-5-13(12)19(14)25/h1-10,19H,25H2,(H,26,27)/t19-/m1/s1. The van der Waals surface area contributed by atoms with Gasteiger partial charge < -0.3 is 15.5 Å². The predicted molar refractivity (Wildman–Crippen MR) is 99.7 cm³/mol. The van der Waals surface area contributed by atoms with E-state index < -0.39 is 6.36 Å². The van der Waals surface area contributed by atoms with Crippen LogP contribution in [0.3, 0.4) is 0 Å². The summed E-state index contributed by atoms with van der Waals surface area (Å²) < 4.78 is 41.4. The number of aromatic nitrogens is 2. The lowest BCUT2D eigenvalue weighted by molar-refractivity contribution is -0.274. The number of fused-ring (bicyclic) bond motifs is 4. The largest absolute Gasteiger partial charge is 0.573 e. The molecule has 1 heterocycles. The summed E-state index contributed by atoms with van der Waals surface area (Å²) >= 11 is 0. The highest BCUT2D eigenvalue weighted by Gasteiger charge is 2.31. The van der Waals surface area contributed by atoms with Gasteiger partial charge in [-0.1, -0.05) is 42.5 Å². The first-order chi connectivity index (χ1) is 13.4. The van der Waals surface area contributed by atoms with Crippen LogP contribution in [0, 0.1) is 0 Å². The molecule has 0 aliphatic heterocycles. The Bertz CT molecular complexity index is 1210. The van der Waals surface area contributed by atoms with Crippen LogP contribution in [0.5, 0.6) is 5.75 Å². The van der Waals surface area contributed by atoms with Gasteiger partial charge in [-0.15, -0.1) is 13.2 Å². The lowest BCUT2D eigenvalue weighted by Crippen LogP contribution is -2.16. The number of benzene rings is 3. The molecule has 4 nitrogen and oxygen atoms in total. The molecule has 0 amide bonds. The van der Waals surface area contributed by atoms with Crippen LogP contribution >= 0.6 is 0 Å². The van der Waals surface area contributed by atoms with Gasteiger partial charge in [0.1, 0.15) is 11.6 Å². The Morgan fingerprint density at radius 1 is 0.929 bits per heavy atom. The molecular weight excluding hydrogens is 367 g/mol. The summed E-state index contributed by atoms with van der Waals surface area (Å²) in [5.74, 6) is 0.267. The minimum Gasteiger partial charge on any atom is -0.406 e. The highest BCUT2D eigenvalue weighted by molar-refractivity contribution is 5.91. The first-order valence-electron chi connectivity index (χ1n) is 8.64. The van der Waals surface area contributed by atoms with Crippen molar-refractivity contribution in [1.29, 1.82) is 0 Å². The third kappa shape index (κ3) is 2.63. The molecule has 0 saturated heterocycles. The van der Waals surface area contributed by atoms with Gasteiger partial charge in [0.25, 0.3) is 0 Å². The van der Waals surface area contributed by atoms with E-state index in [0.29, 0.717) is 16.9 Å². The van der Waals surface area contributed by atoms with Crippen LogP contribution < -0.4 is 10.5 Å². The van der Waals surface area contributed by atoms with Crippen molar-refractivity contribution in [3.8, 4) is 28.3 Å². The number of rotatable bonds is 2. The summed E-state index contributed by atoms with van der Waals surface area (Å²) in [6.45, 7) is 0. The third-order valence-corrected chi connectivity index (χ3v) is 4.94. The molecule has 0 radical (unpaired) electrons. The fourth-order valence-corrected chi connectivity index (χ4v) is 3.80. The number of ether oxygens (including phenoxy) is 1. The average Bonchev–Trinajstić information content (AvgIpc) is 3.20. The topological polar surface area (TPSA) is 63.9 Å². The first-order valence-corrected chi connectivity index (χ1v) is 8.64. The second-order valence-electron chi connectivity index (χ2n) is 6.65. The predicted octanol–water partition coefficient (Wildman–Crippen LogP) is 5.16. The normalized spacial score (nSPS) is 15.5. The molecule has 5 rings (SSSR count). The lowest BCUT2D eigenvalue weighted by atomic mass is 9.99. The smallest absolute Gasteiger partial charge is 0.406 e. The van der Waals surface area contributed by atoms with Gasteiger partial charge in [-0.3, -0.25) is 0 Å². The van der Waals surface area contributed by atoms with Crippen molar-refractivity contribution in [3.05, 3.63) is 71.8 Å². The number of imidazole rings is 1. The number of hydrogen-bond acceptors (Lipinski definition) is 3. The summed E-state index contributed by atoms with van der Waals surface area (Å²) in [6.07, 6.45) is -4.74. The summed E-state index contributed by atoms with van der Waals surface area (Å²) in [5, 5.41) is 0. The Morgan fingerprint density at radius 3 is 2.50 bits per heavy atom. The van der Waals surface area contributed by atoms with E-state index in [4.69, 9.17) is 5.73 Å². The number of nitrogens with zero attached hydrogens (tertiary/aromatic N) is 1. The summed E-state index contributed by atoms with van der Waals surface area (Å²) in [5.41, 5.74) is 12.4. The van der Waals surface area contributed by atoms with E-state index in [1.165, 1.54) is 18.2 Å². The molecule has 0 fully saturated rings. The first kappa shape index (κ1) is 16.8. The molecule has 1 atom stereocenters. The zero-order valence-electron chi connectivity index (χ0n) is 14.4. The number of hydrogen-bond donors (Lipinski definition) is 2. The molecule has 140 valence electrons. The second kappa shape index (κ2) is 5.84. The van der Waals surface area contributed by atoms with E-state index in [9.17, 15) is 13.2 Å².